The van der Waals surface area contributed by atoms with E-state index in [9.17, 15) is 0 Å². The van der Waals surface area contributed by atoms with Crippen molar-refractivity contribution in [3.8, 4) is 16.9 Å². The molecule has 2 aliphatic heterocycles. The SMILES string of the molecule is COc1cc(-c2cnn(C)c2)cn2ncc(CN3CC4(CCNCC4)C3)c12. The van der Waals surface area contributed by atoms with E-state index < -0.39 is 0 Å². The lowest BCUT2D eigenvalue weighted by atomic mass is 9.72. The Hall–Kier alpha value is -2.38. The molecule has 0 radical (unpaired) electrons. The van der Waals surface area contributed by atoms with E-state index in [1.165, 1.54) is 31.5 Å². The third-order valence-electron chi connectivity index (χ3n) is 6.09. The standard InChI is InChI=1S/C20H26N6O/c1-24-10-16(8-22-24)15-7-18(27-2)19-17(9-23-26(19)12-15)11-25-13-20(14-25)3-5-21-6-4-20/h7-10,12,21H,3-6,11,13-14H2,1-2H3. The minimum atomic E-state index is 0.547. The summed E-state index contributed by atoms with van der Waals surface area (Å²) in [5, 5.41) is 12.4. The van der Waals surface area contributed by atoms with Crippen LogP contribution in [0.25, 0.3) is 16.6 Å². The van der Waals surface area contributed by atoms with Crippen molar-refractivity contribution in [2.45, 2.75) is 19.4 Å². The molecule has 0 amide bonds. The van der Waals surface area contributed by atoms with Gasteiger partial charge in [-0.3, -0.25) is 9.58 Å². The van der Waals surface area contributed by atoms with Crippen molar-refractivity contribution in [1.82, 2.24) is 29.6 Å². The third-order valence-corrected chi connectivity index (χ3v) is 6.09. The zero-order valence-electron chi connectivity index (χ0n) is 16.0. The average Bonchev–Trinajstić information content (AvgIpc) is 3.27. The number of rotatable bonds is 4. The molecule has 0 aliphatic carbocycles. The molecule has 27 heavy (non-hydrogen) atoms. The minimum Gasteiger partial charge on any atom is -0.494 e. The maximum atomic E-state index is 5.72. The van der Waals surface area contributed by atoms with Gasteiger partial charge in [-0.15, -0.1) is 0 Å². The minimum absolute atomic E-state index is 0.547. The first-order chi connectivity index (χ1) is 13.2. The molecule has 0 atom stereocenters. The number of aryl methyl sites for hydroxylation is 1. The van der Waals surface area contributed by atoms with Crippen LogP contribution in [0.2, 0.25) is 0 Å². The monoisotopic (exact) mass is 366 g/mol. The maximum Gasteiger partial charge on any atom is 0.145 e. The highest BCUT2D eigenvalue weighted by Crippen LogP contribution is 2.40. The number of hydrogen-bond donors (Lipinski definition) is 1. The Bertz CT molecular complexity index is 960. The van der Waals surface area contributed by atoms with Gasteiger partial charge in [-0.2, -0.15) is 10.2 Å². The second kappa shape index (κ2) is 6.35. The van der Waals surface area contributed by atoms with E-state index in [4.69, 9.17) is 4.74 Å². The Kier molecular flexibility index (Phi) is 3.94. The van der Waals surface area contributed by atoms with Gasteiger partial charge in [0, 0.05) is 55.8 Å². The van der Waals surface area contributed by atoms with Gasteiger partial charge in [-0.05, 0) is 37.4 Å². The Balaban J connectivity index is 1.41. The molecule has 3 aromatic heterocycles. The molecule has 5 heterocycles. The lowest BCUT2D eigenvalue weighted by molar-refractivity contribution is -0.0280. The van der Waals surface area contributed by atoms with Crippen LogP contribution >= 0.6 is 0 Å². The molecule has 0 bridgehead atoms. The van der Waals surface area contributed by atoms with E-state index in [2.05, 4.69) is 32.7 Å². The summed E-state index contributed by atoms with van der Waals surface area (Å²) >= 11 is 0. The van der Waals surface area contributed by atoms with Crippen molar-refractivity contribution < 1.29 is 4.74 Å². The highest BCUT2D eigenvalue weighted by Gasteiger charge is 2.43. The van der Waals surface area contributed by atoms with E-state index in [1.807, 2.05) is 30.2 Å². The molecule has 0 aromatic carbocycles. The van der Waals surface area contributed by atoms with Crippen molar-refractivity contribution in [1.29, 1.82) is 0 Å². The molecule has 1 N–H and O–H groups in total. The number of nitrogens with zero attached hydrogens (tertiary/aromatic N) is 5. The van der Waals surface area contributed by atoms with Gasteiger partial charge in [0.05, 0.1) is 19.5 Å². The second-order valence-corrected chi connectivity index (χ2v) is 8.06. The molecule has 5 rings (SSSR count). The van der Waals surface area contributed by atoms with Crippen LogP contribution in [0.3, 0.4) is 0 Å². The molecule has 0 unspecified atom stereocenters. The molecule has 1 spiro atoms. The molecule has 3 aromatic rings. The van der Waals surface area contributed by atoms with Gasteiger partial charge in [-0.25, -0.2) is 4.52 Å². The topological polar surface area (TPSA) is 59.6 Å². The Morgan fingerprint density at radius 1 is 1.11 bits per heavy atom. The fourth-order valence-electron chi connectivity index (χ4n) is 4.67. The van der Waals surface area contributed by atoms with Crippen molar-refractivity contribution in [2.75, 3.05) is 33.3 Å². The molecule has 7 nitrogen and oxygen atoms in total. The van der Waals surface area contributed by atoms with Crippen molar-refractivity contribution in [3.63, 3.8) is 0 Å². The van der Waals surface area contributed by atoms with Gasteiger partial charge in [0.1, 0.15) is 11.3 Å². The number of piperidine rings is 1. The zero-order chi connectivity index (χ0) is 18.4. The van der Waals surface area contributed by atoms with E-state index in [1.54, 1.807) is 11.8 Å². The fourth-order valence-corrected chi connectivity index (χ4v) is 4.67. The smallest absolute Gasteiger partial charge is 0.145 e. The Morgan fingerprint density at radius 3 is 2.63 bits per heavy atom. The van der Waals surface area contributed by atoms with E-state index in [-0.39, 0.29) is 0 Å². The van der Waals surface area contributed by atoms with Crippen LogP contribution in [0.4, 0.5) is 0 Å². The van der Waals surface area contributed by atoms with Crippen LogP contribution in [0.5, 0.6) is 5.75 Å². The molecule has 2 saturated heterocycles. The lowest BCUT2D eigenvalue weighted by Gasteiger charge is -2.52. The van der Waals surface area contributed by atoms with Gasteiger partial charge >= 0.3 is 0 Å². The van der Waals surface area contributed by atoms with Crippen LogP contribution in [0.1, 0.15) is 18.4 Å². The van der Waals surface area contributed by atoms with E-state index in [0.717, 1.165) is 42.0 Å². The highest BCUT2D eigenvalue weighted by molar-refractivity contribution is 5.72. The molecule has 142 valence electrons. The summed E-state index contributed by atoms with van der Waals surface area (Å²) in [7, 11) is 3.65. The number of hydrogen-bond acceptors (Lipinski definition) is 5. The molecular weight excluding hydrogens is 340 g/mol. The largest absolute Gasteiger partial charge is 0.494 e. The first-order valence-electron chi connectivity index (χ1n) is 9.62. The quantitative estimate of drug-likeness (QED) is 0.765. The average molecular weight is 366 g/mol. The van der Waals surface area contributed by atoms with Crippen molar-refractivity contribution in [2.24, 2.45) is 12.5 Å². The van der Waals surface area contributed by atoms with Crippen LogP contribution in [0, 0.1) is 5.41 Å². The van der Waals surface area contributed by atoms with Gasteiger partial charge in [0.2, 0.25) is 0 Å². The Morgan fingerprint density at radius 2 is 1.93 bits per heavy atom. The summed E-state index contributed by atoms with van der Waals surface area (Å²) < 4.78 is 9.47. The van der Waals surface area contributed by atoms with Gasteiger partial charge in [-0.1, -0.05) is 0 Å². The summed E-state index contributed by atoms with van der Waals surface area (Å²) in [5.41, 5.74) is 4.96. The number of likely N-dealkylation sites (tertiary alicyclic amines) is 1. The van der Waals surface area contributed by atoms with E-state index in [0.29, 0.717) is 5.41 Å². The number of nitrogens with one attached hydrogen (secondary N) is 1. The summed E-state index contributed by atoms with van der Waals surface area (Å²) in [6, 6.07) is 2.09. The molecule has 0 saturated carbocycles. The second-order valence-electron chi connectivity index (χ2n) is 8.06. The fraction of sp³-hybridized carbons (Fsp3) is 0.500. The molecule has 2 aliphatic rings. The Labute approximate surface area is 158 Å². The summed E-state index contributed by atoms with van der Waals surface area (Å²) in [6.07, 6.45) is 10.5. The van der Waals surface area contributed by atoms with Gasteiger partial charge in [0.25, 0.3) is 0 Å². The summed E-state index contributed by atoms with van der Waals surface area (Å²) in [5.74, 6) is 0.862. The lowest BCUT2D eigenvalue weighted by Crippen LogP contribution is -2.59. The first-order valence-corrected chi connectivity index (χ1v) is 9.62. The molecule has 2 fully saturated rings. The van der Waals surface area contributed by atoms with Gasteiger partial charge in [0.15, 0.2) is 0 Å². The zero-order valence-corrected chi connectivity index (χ0v) is 16.0. The predicted molar refractivity (Wildman–Crippen MR) is 104 cm³/mol. The third kappa shape index (κ3) is 2.91. The predicted octanol–water partition coefficient (Wildman–Crippen LogP) is 1.93. The highest BCUT2D eigenvalue weighted by atomic mass is 16.5. The molecular formula is C20H26N6O. The normalized spacial score (nSPS) is 19.5. The van der Waals surface area contributed by atoms with E-state index >= 15 is 0 Å². The van der Waals surface area contributed by atoms with Crippen molar-refractivity contribution in [3.05, 3.63) is 36.4 Å². The molecule has 7 heteroatoms. The number of fused-ring (bicyclic) bond motifs is 1. The number of aromatic nitrogens is 4. The maximum absolute atomic E-state index is 5.72. The van der Waals surface area contributed by atoms with Crippen molar-refractivity contribution >= 4 is 5.52 Å². The number of methoxy groups -OCH3 is 1. The van der Waals surface area contributed by atoms with Crippen LogP contribution in [-0.2, 0) is 13.6 Å². The summed E-state index contributed by atoms with van der Waals surface area (Å²) in [6.45, 7) is 5.65. The van der Waals surface area contributed by atoms with Crippen LogP contribution in [-0.4, -0.2) is 57.6 Å². The summed E-state index contributed by atoms with van der Waals surface area (Å²) in [4.78, 5) is 2.54. The van der Waals surface area contributed by atoms with Gasteiger partial charge < -0.3 is 10.1 Å². The van der Waals surface area contributed by atoms with Crippen LogP contribution < -0.4 is 10.1 Å². The first kappa shape index (κ1) is 16.8. The number of pyridine rings is 1. The van der Waals surface area contributed by atoms with Crippen LogP contribution in [0.15, 0.2) is 30.9 Å². The number of ether oxygens (including phenoxy) is 1.